The average Bonchev–Trinajstić information content (AvgIpc) is 2.55. The van der Waals surface area contributed by atoms with Crippen molar-refractivity contribution in [3.8, 4) is 0 Å². The maximum Gasteiger partial charge on any atom is 0.182 e. The largest absolute Gasteiger partial charge is 0.398 e. The topological polar surface area (TPSA) is 69.1 Å². The summed E-state index contributed by atoms with van der Waals surface area (Å²) in [5, 5.41) is 1.85. The molecule has 110 valence electrons. The maximum absolute atomic E-state index is 12.8. The van der Waals surface area contributed by atoms with Gasteiger partial charge in [0, 0.05) is 11.3 Å². The lowest BCUT2D eigenvalue weighted by atomic mass is 9.93. The molecule has 0 aromatic heterocycles. The molecule has 0 radical (unpaired) electrons. The highest BCUT2D eigenvalue weighted by atomic mass is 16.1. The zero-order chi connectivity index (χ0) is 15.5. The Morgan fingerprint density at radius 2 is 1.59 bits per heavy atom. The van der Waals surface area contributed by atoms with Crippen molar-refractivity contribution >= 4 is 22.2 Å². The summed E-state index contributed by atoms with van der Waals surface area (Å²) in [5.74, 6) is -0.113. The fraction of sp³-hybridized carbons (Fsp3) is 0.105. The van der Waals surface area contributed by atoms with Crippen molar-refractivity contribution in [2.24, 2.45) is 5.73 Å². The van der Waals surface area contributed by atoms with Gasteiger partial charge in [-0.15, -0.1) is 0 Å². The van der Waals surface area contributed by atoms with Gasteiger partial charge in [0.25, 0.3) is 0 Å². The fourth-order valence-electron chi connectivity index (χ4n) is 2.71. The Labute approximate surface area is 129 Å². The molecule has 0 saturated heterocycles. The summed E-state index contributed by atoms with van der Waals surface area (Å²) >= 11 is 0. The Hall–Kier alpha value is -2.65. The van der Waals surface area contributed by atoms with Crippen LogP contribution < -0.4 is 11.5 Å². The first-order chi connectivity index (χ1) is 10.7. The fourth-order valence-corrected chi connectivity index (χ4v) is 2.71. The van der Waals surface area contributed by atoms with Crippen LogP contribution in [0.3, 0.4) is 0 Å². The van der Waals surface area contributed by atoms with Crippen LogP contribution in [0.1, 0.15) is 15.9 Å². The van der Waals surface area contributed by atoms with E-state index in [0.717, 1.165) is 16.3 Å². The molecule has 3 aromatic carbocycles. The molecule has 3 nitrogen and oxygen atoms in total. The van der Waals surface area contributed by atoms with Gasteiger partial charge in [0.1, 0.15) is 0 Å². The lowest BCUT2D eigenvalue weighted by Gasteiger charge is -2.14. The summed E-state index contributed by atoms with van der Waals surface area (Å²) in [5.41, 5.74) is 14.2. The van der Waals surface area contributed by atoms with Gasteiger partial charge in [-0.05, 0) is 28.8 Å². The van der Waals surface area contributed by atoms with E-state index in [1.165, 1.54) is 0 Å². The minimum absolute atomic E-state index is 0.113. The second-order valence-corrected chi connectivity index (χ2v) is 5.41. The number of Topliss-reactive ketones (excluding diaryl/α,β-unsaturated/α-hetero) is 1. The number of nitrogen functional groups attached to an aromatic ring is 1. The average molecular weight is 290 g/mol. The number of fused-ring (bicyclic) bond motifs is 1. The van der Waals surface area contributed by atoms with Gasteiger partial charge in [0.15, 0.2) is 5.78 Å². The van der Waals surface area contributed by atoms with Crippen LogP contribution in [0.15, 0.2) is 66.7 Å². The van der Waals surface area contributed by atoms with E-state index in [0.29, 0.717) is 17.7 Å². The van der Waals surface area contributed by atoms with Crippen molar-refractivity contribution in [1.82, 2.24) is 0 Å². The van der Waals surface area contributed by atoms with Crippen molar-refractivity contribution in [2.75, 3.05) is 5.73 Å². The smallest absolute Gasteiger partial charge is 0.182 e. The van der Waals surface area contributed by atoms with E-state index in [-0.39, 0.29) is 5.78 Å². The third kappa shape index (κ3) is 2.71. The molecule has 0 heterocycles. The lowest BCUT2D eigenvalue weighted by molar-refractivity contribution is 0.0963. The predicted octanol–water partition coefficient (Wildman–Crippen LogP) is 3.17. The first-order valence-electron chi connectivity index (χ1n) is 7.28. The molecule has 0 bridgehead atoms. The van der Waals surface area contributed by atoms with Gasteiger partial charge in [-0.2, -0.15) is 0 Å². The highest BCUT2D eigenvalue weighted by molar-refractivity contribution is 6.14. The number of nitrogens with two attached hydrogens (primary N) is 2. The molecule has 3 rings (SSSR count). The molecular formula is C19H18N2O. The van der Waals surface area contributed by atoms with E-state index in [9.17, 15) is 4.79 Å². The summed E-state index contributed by atoms with van der Waals surface area (Å²) in [4.78, 5) is 12.8. The zero-order valence-corrected chi connectivity index (χ0v) is 12.2. The molecule has 3 aromatic rings. The Bertz CT molecular complexity index is 812. The SMILES string of the molecule is Nc1ccc2ccccc2c1C(=O)[C@@H](N)Cc1ccccc1. The molecule has 1 atom stereocenters. The summed E-state index contributed by atoms with van der Waals surface area (Å²) in [6, 6.07) is 20.6. The van der Waals surface area contributed by atoms with Crippen molar-refractivity contribution in [3.05, 3.63) is 77.9 Å². The lowest BCUT2D eigenvalue weighted by Crippen LogP contribution is -2.33. The third-order valence-electron chi connectivity index (χ3n) is 3.84. The first kappa shape index (κ1) is 14.3. The molecule has 0 aliphatic carbocycles. The van der Waals surface area contributed by atoms with E-state index in [2.05, 4.69) is 0 Å². The van der Waals surface area contributed by atoms with Crippen molar-refractivity contribution < 1.29 is 4.79 Å². The van der Waals surface area contributed by atoms with Gasteiger partial charge < -0.3 is 11.5 Å². The monoisotopic (exact) mass is 290 g/mol. The first-order valence-corrected chi connectivity index (χ1v) is 7.28. The van der Waals surface area contributed by atoms with Gasteiger partial charge in [-0.25, -0.2) is 0 Å². The molecule has 0 amide bonds. The van der Waals surface area contributed by atoms with Crippen LogP contribution in [-0.2, 0) is 6.42 Å². The molecule has 3 heteroatoms. The van der Waals surface area contributed by atoms with E-state index in [1.807, 2.05) is 60.7 Å². The Morgan fingerprint density at radius 3 is 2.36 bits per heavy atom. The molecule has 22 heavy (non-hydrogen) atoms. The van der Waals surface area contributed by atoms with Crippen LogP contribution in [0, 0.1) is 0 Å². The van der Waals surface area contributed by atoms with E-state index >= 15 is 0 Å². The number of hydrogen-bond donors (Lipinski definition) is 2. The maximum atomic E-state index is 12.8. The van der Waals surface area contributed by atoms with Gasteiger partial charge in [0.2, 0.25) is 0 Å². The molecule has 0 unspecified atom stereocenters. The normalized spacial score (nSPS) is 12.2. The van der Waals surface area contributed by atoms with E-state index in [4.69, 9.17) is 11.5 Å². The summed E-state index contributed by atoms with van der Waals surface area (Å²) in [6.45, 7) is 0. The highest BCUT2D eigenvalue weighted by Crippen LogP contribution is 2.25. The van der Waals surface area contributed by atoms with Crippen LogP contribution in [-0.4, -0.2) is 11.8 Å². The number of benzene rings is 3. The van der Waals surface area contributed by atoms with Gasteiger partial charge in [-0.1, -0.05) is 60.7 Å². The van der Waals surface area contributed by atoms with Crippen LogP contribution in [0.5, 0.6) is 0 Å². The molecule has 4 N–H and O–H groups in total. The second-order valence-electron chi connectivity index (χ2n) is 5.41. The zero-order valence-electron chi connectivity index (χ0n) is 12.2. The van der Waals surface area contributed by atoms with Crippen LogP contribution in [0.2, 0.25) is 0 Å². The quantitative estimate of drug-likeness (QED) is 0.573. The molecule has 0 aliphatic rings. The van der Waals surface area contributed by atoms with Crippen molar-refractivity contribution in [2.45, 2.75) is 12.5 Å². The minimum Gasteiger partial charge on any atom is -0.398 e. The van der Waals surface area contributed by atoms with Crippen LogP contribution in [0.4, 0.5) is 5.69 Å². The summed E-state index contributed by atoms with van der Waals surface area (Å²) in [7, 11) is 0. The Balaban J connectivity index is 1.96. The second kappa shape index (κ2) is 6.00. The number of rotatable bonds is 4. The van der Waals surface area contributed by atoms with E-state index < -0.39 is 6.04 Å². The molecular weight excluding hydrogens is 272 g/mol. The van der Waals surface area contributed by atoms with Gasteiger partial charge in [0.05, 0.1) is 6.04 Å². The van der Waals surface area contributed by atoms with Gasteiger partial charge in [-0.3, -0.25) is 4.79 Å². The number of ketones is 1. The molecule has 0 aliphatic heterocycles. The Kier molecular flexibility index (Phi) is 3.90. The van der Waals surface area contributed by atoms with Gasteiger partial charge >= 0.3 is 0 Å². The molecule has 0 saturated carbocycles. The number of carbonyl (C=O) groups is 1. The predicted molar refractivity (Wildman–Crippen MR) is 90.8 cm³/mol. The number of anilines is 1. The third-order valence-corrected chi connectivity index (χ3v) is 3.84. The van der Waals surface area contributed by atoms with Crippen LogP contribution in [0.25, 0.3) is 10.8 Å². The van der Waals surface area contributed by atoms with E-state index in [1.54, 1.807) is 6.07 Å². The standard InChI is InChI=1S/C19H18N2O/c20-16-11-10-14-8-4-5-9-15(14)18(16)19(22)17(21)12-13-6-2-1-3-7-13/h1-11,17H,12,20-21H2/t17-/m0/s1. The summed E-state index contributed by atoms with van der Waals surface area (Å²) in [6.07, 6.45) is 0.502. The highest BCUT2D eigenvalue weighted by Gasteiger charge is 2.20. The van der Waals surface area contributed by atoms with Crippen molar-refractivity contribution in [3.63, 3.8) is 0 Å². The summed E-state index contributed by atoms with van der Waals surface area (Å²) < 4.78 is 0. The molecule has 0 spiro atoms. The minimum atomic E-state index is -0.601. The number of carbonyl (C=O) groups excluding carboxylic acids is 1. The van der Waals surface area contributed by atoms with Crippen LogP contribution >= 0.6 is 0 Å². The van der Waals surface area contributed by atoms with Crippen molar-refractivity contribution in [1.29, 1.82) is 0 Å². The number of hydrogen-bond acceptors (Lipinski definition) is 3. The molecule has 0 fully saturated rings. The Morgan fingerprint density at radius 1 is 0.909 bits per heavy atom.